The Morgan fingerprint density at radius 2 is 1.96 bits per heavy atom. The van der Waals surface area contributed by atoms with Gasteiger partial charge in [-0.15, -0.1) is 0 Å². The van der Waals surface area contributed by atoms with E-state index in [0.717, 1.165) is 24.2 Å². The number of nitrogens with two attached hydrogens (primary N) is 1. The molecule has 0 saturated carbocycles. The second-order valence-corrected chi connectivity index (χ2v) is 8.10. The molecule has 150 valence electrons. The van der Waals surface area contributed by atoms with E-state index in [4.69, 9.17) is 5.73 Å². The lowest BCUT2D eigenvalue weighted by Crippen LogP contribution is -2.52. The summed E-state index contributed by atoms with van der Waals surface area (Å²) in [5.41, 5.74) is 7.48. The predicted molar refractivity (Wildman–Crippen MR) is 101 cm³/mol. The van der Waals surface area contributed by atoms with Crippen molar-refractivity contribution in [3.05, 3.63) is 34.9 Å². The molecule has 1 atom stereocenters. The molecule has 0 spiro atoms. The standard InChI is InChI=1S/C20H26N4O4/c21-12-20(28)5-7-23(8-6-20)10-13-1-2-14-11-24(19(27)15(14)9-13)16-3-4-17(25)22-18(16)26/h1-2,9,16,28H,3-8,10-12,21H2,(H,22,25,26). The zero-order valence-corrected chi connectivity index (χ0v) is 15.8. The molecule has 8 heteroatoms. The fraction of sp³-hybridized carbons (Fsp3) is 0.550. The lowest BCUT2D eigenvalue weighted by Gasteiger charge is -2.37. The third-order valence-electron chi connectivity index (χ3n) is 6.17. The van der Waals surface area contributed by atoms with E-state index >= 15 is 0 Å². The van der Waals surface area contributed by atoms with Crippen LogP contribution < -0.4 is 11.1 Å². The molecule has 1 unspecified atom stereocenters. The number of fused-ring (bicyclic) bond motifs is 1. The van der Waals surface area contributed by atoms with Gasteiger partial charge in [-0.25, -0.2) is 0 Å². The van der Waals surface area contributed by atoms with Crippen LogP contribution in [0.25, 0.3) is 0 Å². The van der Waals surface area contributed by atoms with E-state index < -0.39 is 17.6 Å². The van der Waals surface area contributed by atoms with E-state index in [1.807, 2.05) is 18.2 Å². The van der Waals surface area contributed by atoms with Crippen molar-refractivity contribution in [3.8, 4) is 0 Å². The molecule has 3 aliphatic heterocycles. The van der Waals surface area contributed by atoms with Crippen LogP contribution in [0.4, 0.5) is 0 Å². The molecule has 0 bridgehead atoms. The smallest absolute Gasteiger partial charge is 0.255 e. The van der Waals surface area contributed by atoms with Crippen molar-refractivity contribution in [2.45, 2.75) is 50.4 Å². The highest BCUT2D eigenvalue weighted by Gasteiger charge is 2.39. The Labute approximate surface area is 163 Å². The summed E-state index contributed by atoms with van der Waals surface area (Å²) in [4.78, 5) is 40.2. The summed E-state index contributed by atoms with van der Waals surface area (Å²) in [6.07, 6.45) is 1.92. The van der Waals surface area contributed by atoms with Crippen LogP contribution >= 0.6 is 0 Å². The van der Waals surface area contributed by atoms with Crippen LogP contribution in [0.2, 0.25) is 0 Å². The number of rotatable bonds is 4. The summed E-state index contributed by atoms with van der Waals surface area (Å²) >= 11 is 0. The highest BCUT2D eigenvalue weighted by molar-refractivity contribution is 6.05. The van der Waals surface area contributed by atoms with E-state index in [9.17, 15) is 19.5 Å². The van der Waals surface area contributed by atoms with Gasteiger partial charge in [0.25, 0.3) is 5.91 Å². The molecular weight excluding hydrogens is 360 g/mol. The number of hydrogen-bond acceptors (Lipinski definition) is 6. The van der Waals surface area contributed by atoms with Gasteiger partial charge in [0.1, 0.15) is 6.04 Å². The normalized spacial score (nSPS) is 25.0. The SMILES string of the molecule is NCC1(O)CCN(Cc2ccc3c(c2)C(=O)N(C2CCC(=O)NC2=O)C3)CC1. The highest BCUT2D eigenvalue weighted by Crippen LogP contribution is 2.29. The molecule has 1 aromatic rings. The van der Waals surface area contributed by atoms with Crippen molar-refractivity contribution in [1.82, 2.24) is 15.1 Å². The van der Waals surface area contributed by atoms with Gasteiger partial charge in [0.2, 0.25) is 11.8 Å². The number of aliphatic hydroxyl groups is 1. The average molecular weight is 386 g/mol. The number of amides is 3. The van der Waals surface area contributed by atoms with Crippen molar-refractivity contribution >= 4 is 17.7 Å². The van der Waals surface area contributed by atoms with Gasteiger partial charge in [0, 0.05) is 44.7 Å². The third-order valence-corrected chi connectivity index (χ3v) is 6.17. The first kappa shape index (κ1) is 19.0. The Morgan fingerprint density at radius 3 is 2.64 bits per heavy atom. The molecule has 8 nitrogen and oxygen atoms in total. The number of nitrogens with one attached hydrogen (secondary N) is 1. The van der Waals surface area contributed by atoms with Crippen molar-refractivity contribution in [3.63, 3.8) is 0 Å². The third kappa shape index (κ3) is 3.55. The number of piperidine rings is 2. The van der Waals surface area contributed by atoms with Gasteiger partial charge >= 0.3 is 0 Å². The number of imide groups is 1. The summed E-state index contributed by atoms with van der Waals surface area (Å²) in [7, 11) is 0. The summed E-state index contributed by atoms with van der Waals surface area (Å²) < 4.78 is 0. The van der Waals surface area contributed by atoms with Crippen LogP contribution in [0, 0.1) is 0 Å². The summed E-state index contributed by atoms with van der Waals surface area (Å²) in [5.74, 6) is -0.823. The van der Waals surface area contributed by atoms with Gasteiger partial charge in [-0.3, -0.25) is 24.6 Å². The van der Waals surface area contributed by atoms with Crippen LogP contribution in [0.3, 0.4) is 0 Å². The minimum Gasteiger partial charge on any atom is -0.388 e. The first-order valence-electron chi connectivity index (χ1n) is 9.80. The number of carbonyl (C=O) groups is 3. The summed E-state index contributed by atoms with van der Waals surface area (Å²) in [6.45, 7) is 2.92. The fourth-order valence-corrected chi connectivity index (χ4v) is 4.29. The maximum absolute atomic E-state index is 12.9. The number of carbonyl (C=O) groups excluding carboxylic acids is 3. The molecule has 0 radical (unpaired) electrons. The van der Waals surface area contributed by atoms with Gasteiger partial charge in [-0.2, -0.15) is 0 Å². The molecular formula is C20H26N4O4. The van der Waals surface area contributed by atoms with Crippen LogP contribution in [0.1, 0.15) is 47.2 Å². The van der Waals surface area contributed by atoms with Crippen LogP contribution in [0.15, 0.2) is 18.2 Å². The Bertz CT molecular complexity index is 816. The van der Waals surface area contributed by atoms with Gasteiger partial charge in [0.15, 0.2) is 0 Å². The lowest BCUT2D eigenvalue weighted by atomic mass is 9.91. The van der Waals surface area contributed by atoms with Crippen molar-refractivity contribution in [1.29, 1.82) is 0 Å². The Kier molecular flexibility index (Phi) is 4.95. The van der Waals surface area contributed by atoms with E-state index in [-0.39, 0.29) is 24.8 Å². The molecule has 4 N–H and O–H groups in total. The second-order valence-electron chi connectivity index (χ2n) is 8.10. The van der Waals surface area contributed by atoms with E-state index in [1.54, 1.807) is 4.90 Å². The van der Waals surface area contributed by atoms with Gasteiger partial charge in [-0.1, -0.05) is 12.1 Å². The molecule has 4 rings (SSSR count). The van der Waals surface area contributed by atoms with Crippen molar-refractivity contribution in [2.75, 3.05) is 19.6 Å². The monoisotopic (exact) mass is 386 g/mol. The maximum Gasteiger partial charge on any atom is 0.255 e. The lowest BCUT2D eigenvalue weighted by molar-refractivity contribution is -0.136. The molecule has 3 heterocycles. The van der Waals surface area contributed by atoms with Gasteiger partial charge in [0.05, 0.1) is 5.60 Å². The van der Waals surface area contributed by atoms with Crippen LogP contribution in [-0.2, 0) is 22.7 Å². The highest BCUT2D eigenvalue weighted by atomic mass is 16.3. The molecule has 3 aliphatic rings. The molecule has 1 aromatic carbocycles. The number of benzene rings is 1. The minimum atomic E-state index is -0.757. The predicted octanol–water partition coefficient (Wildman–Crippen LogP) is -0.267. The quantitative estimate of drug-likeness (QED) is 0.614. The molecule has 0 aromatic heterocycles. The van der Waals surface area contributed by atoms with Gasteiger partial charge in [-0.05, 0) is 36.5 Å². The van der Waals surface area contributed by atoms with Crippen molar-refractivity contribution < 1.29 is 19.5 Å². The Morgan fingerprint density at radius 1 is 1.21 bits per heavy atom. The zero-order chi connectivity index (χ0) is 19.9. The summed E-state index contributed by atoms with van der Waals surface area (Å²) in [5, 5.41) is 12.6. The van der Waals surface area contributed by atoms with E-state index in [1.165, 1.54) is 0 Å². The topological polar surface area (TPSA) is 116 Å². The largest absolute Gasteiger partial charge is 0.388 e. The molecule has 2 fully saturated rings. The Balaban J connectivity index is 1.43. The van der Waals surface area contributed by atoms with Crippen LogP contribution in [0.5, 0.6) is 0 Å². The number of hydrogen-bond donors (Lipinski definition) is 3. The number of nitrogens with zero attached hydrogens (tertiary/aromatic N) is 2. The van der Waals surface area contributed by atoms with Crippen molar-refractivity contribution in [2.24, 2.45) is 5.73 Å². The second kappa shape index (κ2) is 7.27. The summed E-state index contributed by atoms with van der Waals surface area (Å²) in [6, 6.07) is 5.29. The molecule has 0 aliphatic carbocycles. The fourth-order valence-electron chi connectivity index (χ4n) is 4.29. The number of likely N-dealkylation sites (tertiary alicyclic amines) is 1. The van der Waals surface area contributed by atoms with Crippen LogP contribution in [-0.4, -0.2) is 63.9 Å². The first-order valence-corrected chi connectivity index (χ1v) is 9.80. The molecule has 28 heavy (non-hydrogen) atoms. The first-order chi connectivity index (χ1) is 13.4. The average Bonchev–Trinajstić information content (AvgIpc) is 3.00. The van der Waals surface area contributed by atoms with Gasteiger partial charge < -0.3 is 15.7 Å². The Hall–Kier alpha value is -2.29. The maximum atomic E-state index is 12.9. The zero-order valence-electron chi connectivity index (χ0n) is 15.8. The minimum absolute atomic E-state index is 0.150. The van der Waals surface area contributed by atoms with E-state index in [0.29, 0.717) is 37.9 Å². The van der Waals surface area contributed by atoms with E-state index in [2.05, 4.69) is 10.2 Å². The molecule has 2 saturated heterocycles. The molecule has 3 amide bonds.